The molecule has 2 N–H and O–H groups in total. The average Bonchev–Trinajstić information content (AvgIpc) is 2.84. The molecule has 0 radical (unpaired) electrons. The predicted molar refractivity (Wildman–Crippen MR) is 75.4 cm³/mol. The summed E-state index contributed by atoms with van der Waals surface area (Å²) in [5.41, 5.74) is 1.25. The minimum absolute atomic E-state index is 0.103. The number of amides is 1. The topological polar surface area (TPSA) is 79.3 Å². The molecule has 0 saturated heterocycles. The molecule has 0 bridgehead atoms. The van der Waals surface area contributed by atoms with Crippen molar-refractivity contribution in [1.82, 2.24) is 10.3 Å². The van der Waals surface area contributed by atoms with E-state index in [1.54, 1.807) is 17.5 Å². The number of thiazole rings is 1. The lowest BCUT2D eigenvalue weighted by Crippen LogP contribution is -2.24. The van der Waals surface area contributed by atoms with Crippen molar-refractivity contribution in [2.45, 2.75) is 19.4 Å². The fraction of sp³-hybridized carbons (Fsp3) is 0.214. The Balaban J connectivity index is 1.82. The minimum atomic E-state index is -0.951. The van der Waals surface area contributed by atoms with E-state index in [0.29, 0.717) is 17.2 Å². The van der Waals surface area contributed by atoms with Crippen molar-refractivity contribution < 1.29 is 19.1 Å². The number of halogens is 1. The molecule has 0 aliphatic heterocycles. The Bertz CT molecular complexity index is 640. The second-order valence-electron chi connectivity index (χ2n) is 4.38. The predicted octanol–water partition coefficient (Wildman–Crippen LogP) is 1.77. The van der Waals surface area contributed by atoms with Crippen molar-refractivity contribution in [1.29, 1.82) is 0 Å². The third kappa shape index (κ3) is 4.96. The van der Waals surface area contributed by atoms with Gasteiger partial charge in [-0.05, 0) is 17.7 Å². The van der Waals surface area contributed by atoms with Crippen molar-refractivity contribution in [3.05, 3.63) is 51.7 Å². The van der Waals surface area contributed by atoms with Crippen molar-refractivity contribution >= 4 is 23.2 Å². The first kappa shape index (κ1) is 15.1. The van der Waals surface area contributed by atoms with Crippen LogP contribution in [0, 0.1) is 5.82 Å². The van der Waals surface area contributed by atoms with E-state index < -0.39 is 5.97 Å². The zero-order valence-electron chi connectivity index (χ0n) is 11.0. The van der Waals surface area contributed by atoms with E-state index in [-0.39, 0.29) is 24.6 Å². The summed E-state index contributed by atoms with van der Waals surface area (Å²) in [5, 5.41) is 13.6. The van der Waals surface area contributed by atoms with Gasteiger partial charge in [-0.15, -0.1) is 11.3 Å². The normalized spacial score (nSPS) is 10.3. The molecule has 0 atom stereocenters. The van der Waals surface area contributed by atoms with E-state index in [9.17, 15) is 14.0 Å². The van der Waals surface area contributed by atoms with Gasteiger partial charge in [0.2, 0.25) is 5.91 Å². The highest BCUT2D eigenvalue weighted by atomic mass is 32.1. The van der Waals surface area contributed by atoms with Crippen LogP contribution in [0.15, 0.2) is 29.6 Å². The van der Waals surface area contributed by atoms with Gasteiger partial charge in [0.15, 0.2) is 0 Å². The maximum absolute atomic E-state index is 12.7. The van der Waals surface area contributed by atoms with Crippen LogP contribution in [-0.4, -0.2) is 22.0 Å². The van der Waals surface area contributed by atoms with Crippen LogP contribution in [0.4, 0.5) is 4.39 Å². The van der Waals surface area contributed by atoms with Crippen LogP contribution in [-0.2, 0) is 29.0 Å². The summed E-state index contributed by atoms with van der Waals surface area (Å²) in [5.74, 6) is -1.48. The highest BCUT2D eigenvalue weighted by Crippen LogP contribution is 2.11. The summed E-state index contributed by atoms with van der Waals surface area (Å²) in [6.45, 7) is 0.312. The zero-order valence-corrected chi connectivity index (χ0v) is 11.8. The summed E-state index contributed by atoms with van der Waals surface area (Å²) in [4.78, 5) is 26.4. The first-order chi connectivity index (χ1) is 10.0. The maximum Gasteiger partial charge on any atom is 0.309 e. The summed E-state index contributed by atoms with van der Waals surface area (Å²) in [6, 6.07) is 5.87. The Hall–Kier alpha value is -2.28. The van der Waals surface area contributed by atoms with E-state index in [0.717, 1.165) is 5.56 Å². The third-order valence-corrected chi connectivity index (χ3v) is 3.54. The molecule has 0 aliphatic rings. The molecule has 0 aliphatic carbocycles. The molecule has 1 aromatic heterocycles. The first-order valence-electron chi connectivity index (χ1n) is 6.19. The lowest BCUT2D eigenvalue weighted by molar-refractivity contribution is -0.136. The van der Waals surface area contributed by atoms with Gasteiger partial charge in [-0.1, -0.05) is 12.1 Å². The SMILES string of the molecule is O=C(O)Cc1csc(CC(=O)NCc2ccc(F)cc2)n1. The molecule has 0 unspecified atom stereocenters. The highest BCUT2D eigenvalue weighted by Gasteiger charge is 2.09. The fourth-order valence-electron chi connectivity index (χ4n) is 1.67. The molecule has 0 spiro atoms. The molecule has 7 heteroatoms. The van der Waals surface area contributed by atoms with E-state index >= 15 is 0 Å². The van der Waals surface area contributed by atoms with Gasteiger partial charge in [0.05, 0.1) is 18.5 Å². The molecule has 1 aromatic carbocycles. The number of carboxylic acid groups (broad SMARTS) is 1. The summed E-state index contributed by atoms with van der Waals surface area (Å²) in [6.07, 6.45) is -0.0425. The second kappa shape index (κ2) is 6.94. The summed E-state index contributed by atoms with van der Waals surface area (Å²) < 4.78 is 12.7. The number of carbonyl (C=O) groups excluding carboxylic acids is 1. The molecule has 0 saturated carbocycles. The highest BCUT2D eigenvalue weighted by molar-refractivity contribution is 7.09. The van der Waals surface area contributed by atoms with Crippen LogP contribution in [0.1, 0.15) is 16.3 Å². The van der Waals surface area contributed by atoms with Crippen molar-refractivity contribution in [2.24, 2.45) is 0 Å². The Morgan fingerprint density at radius 2 is 1.95 bits per heavy atom. The summed E-state index contributed by atoms with van der Waals surface area (Å²) >= 11 is 1.26. The smallest absolute Gasteiger partial charge is 0.309 e. The molecular weight excluding hydrogens is 295 g/mol. The number of carbonyl (C=O) groups is 2. The molecule has 110 valence electrons. The number of rotatable bonds is 6. The number of hydrogen-bond acceptors (Lipinski definition) is 4. The Labute approximate surface area is 124 Å². The minimum Gasteiger partial charge on any atom is -0.481 e. The van der Waals surface area contributed by atoms with Gasteiger partial charge in [-0.2, -0.15) is 0 Å². The van der Waals surface area contributed by atoms with E-state index in [1.807, 2.05) is 0 Å². The number of aromatic nitrogens is 1. The van der Waals surface area contributed by atoms with Gasteiger partial charge in [-0.25, -0.2) is 9.37 Å². The van der Waals surface area contributed by atoms with Crippen molar-refractivity contribution in [3.63, 3.8) is 0 Å². The lowest BCUT2D eigenvalue weighted by Gasteiger charge is -2.04. The molecule has 0 fully saturated rings. The standard InChI is InChI=1S/C14H13FN2O3S/c15-10-3-1-9(2-4-10)7-16-12(18)6-13-17-11(8-21-13)5-14(19)20/h1-4,8H,5-7H2,(H,16,18)(H,19,20). The third-order valence-electron chi connectivity index (χ3n) is 2.65. The molecule has 21 heavy (non-hydrogen) atoms. The van der Waals surface area contributed by atoms with Crippen LogP contribution in [0.5, 0.6) is 0 Å². The van der Waals surface area contributed by atoms with Gasteiger partial charge >= 0.3 is 5.97 Å². The van der Waals surface area contributed by atoms with E-state index in [4.69, 9.17) is 5.11 Å². The van der Waals surface area contributed by atoms with E-state index in [2.05, 4.69) is 10.3 Å². The number of carboxylic acids is 1. The van der Waals surface area contributed by atoms with Gasteiger partial charge in [0.25, 0.3) is 0 Å². The molecular formula is C14H13FN2O3S. The van der Waals surface area contributed by atoms with Gasteiger partial charge in [0.1, 0.15) is 10.8 Å². The Kier molecular flexibility index (Phi) is 4.99. The van der Waals surface area contributed by atoms with E-state index in [1.165, 1.54) is 23.5 Å². The molecule has 1 heterocycles. The van der Waals surface area contributed by atoms with Crippen LogP contribution in [0.25, 0.3) is 0 Å². The number of hydrogen-bond donors (Lipinski definition) is 2. The first-order valence-corrected chi connectivity index (χ1v) is 7.07. The monoisotopic (exact) mass is 308 g/mol. The number of benzene rings is 1. The number of nitrogens with one attached hydrogen (secondary N) is 1. The molecule has 2 rings (SSSR count). The van der Waals surface area contributed by atoms with Gasteiger partial charge < -0.3 is 10.4 Å². The maximum atomic E-state index is 12.7. The van der Waals surface area contributed by atoms with Crippen molar-refractivity contribution in [2.75, 3.05) is 0 Å². The van der Waals surface area contributed by atoms with Crippen LogP contribution >= 0.6 is 11.3 Å². The largest absolute Gasteiger partial charge is 0.481 e. The fourth-order valence-corrected chi connectivity index (χ4v) is 2.46. The Morgan fingerprint density at radius 1 is 1.24 bits per heavy atom. The zero-order chi connectivity index (χ0) is 15.2. The molecule has 5 nitrogen and oxygen atoms in total. The van der Waals surface area contributed by atoms with Crippen molar-refractivity contribution in [3.8, 4) is 0 Å². The Morgan fingerprint density at radius 3 is 2.62 bits per heavy atom. The quantitative estimate of drug-likeness (QED) is 0.852. The van der Waals surface area contributed by atoms with Gasteiger partial charge in [0, 0.05) is 11.9 Å². The lowest BCUT2D eigenvalue weighted by atomic mass is 10.2. The molecule has 1 amide bonds. The second-order valence-corrected chi connectivity index (χ2v) is 5.33. The van der Waals surface area contributed by atoms with Gasteiger partial charge in [-0.3, -0.25) is 9.59 Å². The number of nitrogens with zero attached hydrogens (tertiary/aromatic N) is 1. The van der Waals surface area contributed by atoms with Crippen LogP contribution in [0.3, 0.4) is 0 Å². The average molecular weight is 308 g/mol. The summed E-state index contributed by atoms with van der Waals surface area (Å²) in [7, 11) is 0. The van der Waals surface area contributed by atoms with Crippen LogP contribution in [0.2, 0.25) is 0 Å². The van der Waals surface area contributed by atoms with Crippen LogP contribution < -0.4 is 5.32 Å². The molecule has 2 aromatic rings. The number of aliphatic carboxylic acids is 1.